The van der Waals surface area contributed by atoms with Gasteiger partial charge in [0.15, 0.2) is 17.7 Å². The minimum atomic E-state index is -4.73. The molecule has 0 atom stereocenters. The number of benzene rings is 1. The summed E-state index contributed by atoms with van der Waals surface area (Å²) in [6, 6.07) is 5.93. The lowest BCUT2D eigenvalue weighted by atomic mass is 10.2. The summed E-state index contributed by atoms with van der Waals surface area (Å²) < 4.78 is 45.1. The molecule has 0 bridgehead atoms. The van der Waals surface area contributed by atoms with Gasteiger partial charge in [0.1, 0.15) is 5.75 Å². The van der Waals surface area contributed by atoms with Crippen molar-refractivity contribution in [2.75, 3.05) is 6.61 Å². The second kappa shape index (κ2) is 6.17. The monoisotopic (exact) mass is 313 g/mol. The number of alkyl halides is 3. The van der Waals surface area contributed by atoms with Gasteiger partial charge in [-0.05, 0) is 30.2 Å². The first-order valence-corrected chi connectivity index (χ1v) is 6.54. The Morgan fingerprint density at radius 3 is 2.41 bits per heavy atom. The molecular weight excluding hydrogens is 299 g/mol. The number of hydrogen-bond donors (Lipinski definition) is 0. The van der Waals surface area contributed by atoms with Crippen molar-refractivity contribution in [3.63, 3.8) is 0 Å². The number of carbonyl (C=O) groups is 1. The predicted molar refractivity (Wildman–Crippen MR) is 72.1 cm³/mol. The zero-order valence-electron chi connectivity index (χ0n) is 12.0. The lowest BCUT2D eigenvalue weighted by Gasteiger charge is -2.11. The fraction of sp³-hybridized carbons (Fsp3) is 0.357. The van der Waals surface area contributed by atoms with E-state index in [1.54, 1.807) is 12.1 Å². The van der Waals surface area contributed by atoms with E-state index in [-0.39, 0.29) is 12.0 Å². The van der Waals surface area contributed by atoms with Gasteiger partial charge >= 0.3 is 6.18 Å². The molecule has 22 heavy (non-hydrogen) atoms. The maximum Gasteiger partial charge on any atom is 0.435 e. The van der Waals surface area contributed by atoms with Crippen LogP contribution in [0.5, 0.6) is 5.75 Å². The molecule has 0 saturated heterocycles. The molecule has 1 aromatic carbocycles. The Kier molecular flexibility index (Phi) is 4.48. The van der Waals surface area contributed by atoms with Gasteiger partial charge in [0.25, 0.3) is 0 Å². The van der Waals surface area contributed by atoms with E-state index in [0.717, 1.165) is 0 Å². The van der Waals surface area contributed by atoms with Gasteiger partial charge in [-0.15, -0.1) is 5.10 Å². The Bertz CT molecular complexity index is 648. The van der Waals surface area contributed by atoms with Crippen LogP contribution in [0.3, 0.4) is 0 Å². The zero-order valence-corrected chi connectivity index (χ0v) is 12.0. The van der Waals surface area contributed by atoms with Gasteiger partial charge in [-0.3, -0.25) is 4.79 Å². The van der Waals surface area contributed by atoms with Gasteiger partial charge in [-0.1, -0.05) is 19.1 Å². The molecule has 0 saturated carbocycles. The molecule has 1 aromatic heterocycles. The highest BCUT2D eigenvalue weighted by Crippen LogP contribution is 2.32. The van der Waals surface area contributed by atoms with E-state index in [9.17, 15) is 18.0 Å². The van der Waals surface area contributed by atoms with Gasteiger partial charge in [-0.2, -0.15) is 13.2 Å². The molecule has 118 valence electrons. The third-order valence-corrected chi connectivity index (χ3v) is 2.74. The highest BCUT2D eigenvalue weighted by Gasteiger charge is 2.39. The lowest BCUT2D eigenvalue weighted by Crippen LogP contribution is -2.15. The molecule has 0 aliphatic carbocycles. The van der Waals surface area contributed by atoms with Crippen molar-refractivity contribution < 1.29 is 22.7 Å². The fourth-order valence-corrected chi connectivity index (χ4v) is 1.77. The van der Waals surface area contributed by atoms with Gasteiger partial charge in [0.05, 0.1) is 12.3 Å². The first-order valence-electron chi connectivity index (χ1n) is 6.54. The molecule has 0 N–H and O–H groups in total. The summed E-state index contributed by atoms with van der Waals surface area (Å²) in [5, 5.41) is 6.66. The number of halogens is 3. The minimum absolute atomic E-state index is 0.0342. The van der Waals surface area contributed by atoms with Gasteiger partial charge in [0, 0.05) is 0 Å². The first-order chi connectivity index (χ1) is 10.3. The van der Waals surface area contributed by atoms with Crippen LogP contribution in [0.4, 0.5) is 13.2 Å². The van der Waals surface area contributed by atoms with Crippen LogP contribution in [0.25, 0.3) is 5.69 Å². The number of carbonyl (C=O) groups excluding carboxylic acids is 1. The Morgan fingerprint density at radius 1 is 1.27 bits per heavy atom. The standard InChI is InChI=1S/C14H14F3N3O2/c1-9(2)8-22-11-5-3-10(4-6-11)20-13(14(15,16)17)12(7-21)18-19-20/h3-7,9H,8H2,1-2H3. The summed E-state index contributed by atoms with van der Waals surface area (Å²) in [5.41, 5.74) is -1.80. The number of ether oxygens (including phenoxy) is 1. The van der Waals surface area contributed by atoms with Crippen molar-refractivity contribution in [3.8, 4) is 11.4 Å². The SMILES string of the molecule is CC(C)COc1ccc(-n2nnc(C=O)c2C(F)(F)F)cc1. The average Bonchev–Trinajstić information content (AvgIpc) is 2.89. The molecule has 0 aliphatic rings. The summed E-state index contributed by atoms with van der Waals surface area (Å²) in [5.74, 6) is 0.878. The van der Waals surface area contributed by atoms with Crippen LogP contribution in [0, 0.1) is 5.92 Å². The summed E-state index contributed by atoms with van der Waals surface area (Å²) >= 11 is 0. The van der Waals surface area contributed by atoms with Gasteiger partial charge in [-0.25, -0.2) is 4.68 Å². The second-order valence-electron chi connectivity index (χ2n) is 5.05. The molecule has 0 spiro atoms. The quantitative estimate of drug-likeness (QED) is 0.796. The predicted octanol–water partition coefficient (Wildman–Crippen LogP) is 3.13. The Hall–Kier alpha value is -2.38. The molecule has 0 radical (unpaired) electrons. The summed E-state index contributed by atoms with van der Waals surface area (Å²) in [6.45, 7) is 4.48. The second-order valence-corrected chi connectivity index (χ2v) is 5.05. The van der Waals surface area contributed by atoms with Crippen LogP contribution in [0.2, 0.25) is 0 Å². The van der Waals surface area contributed by atoms with Crippen LogP contribution < -0.4 is 4.74 Å². The molecule has 1 heterocycles. The normalized spacial score (nSPS) is 11.7. The Morgan fingerprint density at radius 2 is 1.91 bits per heavy atom. The first kappa shape index (κ1) is 16.0. The minimum Gasteiger partial charge on any atom is -0.493 e. The molecule has 0 amide bonds. The largest absolute Gasteiger partial charge is 0.493 e. The Balaban J connectivity index is 2.33. The van der Waals surface area contributed by atoms with E-state index >= 15 is 0 Å². The summed E-state index contributed by atoms with van der Waals surface area (Å²) in [4.78, 5) is 10.7. The van der Waals surface area contributed by atoms with Crippen molar-refractivity contribution in [1.29, 1.82) is 0 Å². The molecule has 2 aromatic rings. The molecule has 0 aliphatic heterocycles. The maximum atomic E-state index is 13.0. The third kappa shape index (κ3) is 3.44. The third-order valence-electron chi connectivity index (χ3n) is 2.74. The molecular formula is C14H14F3N3O2. The molecule has 0 unspecified atom stereocenters. The van der Waals surface area contributed by atoms with Crippen molar-refractivity contribution in [1.82, 2.24) is 15.0 Å². The van der Waals surface area contributed by atoms with Crippen LogP contribution in [-0.4, -0.2) is 27.9 Å². The molecule has 0 fully saturated rings. The zero-order chi connectivity index (χ0) is 16.3. The number of hydrogen-bond acceptors (Lipinski definition) is 4. The Labute approximate surface area is 124 Å². The van der Waals surface area contributed by atoms with Crippen LogP contribution in [0.15, 0.2) is 24.3 Å². The smallest absolute Gasteiger partial charge is 0.435 e. The molecule has 2 rings (SSSR count). The number of aldehydes is 1. The van der Waals surface area contributed by atoms with E-state index in [1.165, 1.54) is 12.1 Å². The van der Waals surface area contributed by atoms with Crippen molar-refractivity contribution >= 4 is 6.29 Å². The van der Waals surface area contributed by atoms with Crippen LogP contribution in [-0.2, 0) is 6.18 Å². The highest BCUT2D eigenvalue weighted by molar-refractivity contribution is 5.73. The summed E-state index contributed by atoms with van der Waals surface area (Å²) in [7, 11) is 0. The van der Waals surface area contributed by atoms with Crippen molar-refractivity contribution in [2.45, 2.75) is 20.0 Å². The van der Waals surface area contributed by atoms with E-state index in [4.69, 9.17) is 4.74 Å². The lowest BCUT2D eigenvalue weighted by molar-refractivity contribution is -0.143. The highest BCUT2D eigenvalue weighted by atomic mass is 19.4. The molecule has 5 nitrogen and oxygen atoms in total. The fourth-order valence-electron chi connectivity index (χ4n) is 1.77. The van der Waals surface area contributed by atoms with E-state index in [1.807, 2.05) is 13.8 Å². The van der Waals surface area contributed by atoms with Crippen molar-refractivity contribution in [3.05, 3.63) is 35.7 Å². The van der Waals surface area contributed by atoms with Crippen molar-refractivity contribution in [2.24, 2.45) is 5.92 Å². The van der Waals surface area contributed by atoms with E-state index in [2.05, 4.69) is 10.3 Å². The van der Waals surface area contributed by atoms with E-state index < -0.39 is 17.6 Å². The topological polar surface area (TPSA) is 57.0 Å². The average molecular weight is 313 g/mol. The summed E-state index contributed by atoms with van der Waals surface area (Å²) in [6.07, 6.45) is -4.70. The molecule has 8 heteroatoms. The van der Waals surface area contributed by atoms with E-state index in [0.29, 0.717) is 23.0 Å². The van der Waals surface area contributed by atoms with Crippen LogP contribution >= 0.6 is 0 Å². The number of aromatic nitrogens is 3. The number of nitrogens with zero attached hydrogens (tertiary/aromatic N) is 3. The van der Waals surface area contributed by atoms with Gasteiger partial charge < -0.3 is 4.74 Å². The maximum absolute atomic E-state index is 13.0. The van der Waals surface area contributed by atoms with Gasteiger partial charge in [0.2, 0.25) is 0 Å². The van der Waals surface area contributed by atoms with Crippen LogP contribution in [0.1, 0.15) is 30.0 Å². The number of rotatable bonds is 5.